The van der Waals surface area contributed by atoms with Crippen LogP contribution in [0.15, 0.2) is 24.3 Å². The van der Waals surface area contributed by atoms with E-state index in [0.29, 0.717) is 6.04 Å². The minimum atomic E-state index is 0.214. The first-order valence-electron chi connectivity index (χ1n) is 7.75. The van der Waals surface area contributed by atoms with Crippen molar-refractivity contribution in [3.8, 4) is 0 Å². The summed E-state index contributed by atoms with van der Waals surface area (Å²) in [4.78, 5) is 12.2. The van der Waals surface area contributed by atoms with E-state index < -0.39 is 0 Å². The Hall–Kier alpha value is -1.35. The summed E-state index contributed by atoms with van der Waals surface area (Å²) in [5.74, 6) is 2.17. The molecule has 1 amide bonds. The molecule has 2 unspecified atom stereocenters. The van der Waals surface area contributed by atoms with Crippen LogP contribution in [0, 0.1) is 17.8 Å². The van der Waals surface area contributed by atoms with E-state index in [-0.39, 0.29) is 11.8 Å². The van der Waals surface area contributed by atoms with Gasteiger partial charge in [0.2, 0.25) is 5.91 Å². The third kappa shape index (κ3) is 3.21. The number of carbonyl (C=O) groups is 1. The second kappa shape index (κ2) is 5.57. The fourth-order valence-electron chi connectivity index (χ4n) is 3.25. The van der Waals surface area contributed by atoms with E-state index in [1.807, 2.05) is 12.1 Å². The predicted molar refractivity (Wildman–Crippen MR) is 81.4 cm³/mol. The number of amides is 1. The van der Waals surface area contributed by atoms with Crippen LogP contribution in [0.2, 0.25) is 0 Å². The number of nitrogens with one attached hydrogen (secondary N) is 2. The molecule has 2 aliphatic carbocycles. The molecule has 1 aromatic rings. The van der Waals surface area contributed by atoms with Crippen LogP contribution in [0.1, 0.15) is 38.7 Å². The molecule has 3 nitrogen and oxygen atoms in total. The molecule has 20 heavy (non-hydrogen) atoms. The Bertz CT molecular complexity index is 488. The molecule has 108 valence electrons. The first kappa shape index (κ1) is 13.6. The Labute approximate surface area is 121 Å². The average molecular weight is 272 g/mol. The van der Waals surface area contributed by atoms with Crippen LogP contribution in [0.25, 0.3) is 0 Å². The van der Waals surface area contributed by atoms with Gasteiger partial charge in [-0.25, -0.2) is 0 Å². The van der Waals surface area contributed by atoms with Gasteiger partial charge >= 0.3 is 0 Å². The van der Waals surface area contributed by atoms with E-state index in [2.05, 4.69) is 36.6 Å². The highest BCUT2D eigenvalue weighted by atomic mass is 16.1. The number of rotatable bonds is 5. The Morgan fingerprint density at radius 1 is 1.25 bits per heavy atom. The van der Waals surface area contributed by atoms with Crippen molar-refractivity contribution in [1.29, 1.82) is 0 Å². The van der Waals surface area contributed by atoms with Gasteiger partial charge in [-0.2, -0.15) is 0 Å². The van der Waals surface area contributed by atoms with Gasteiger partial charge < -0.3 is 10.6 Å². The normalized spacial score (nSPS) is 27.4. The molecule has 3 heteroatoms. The largest absolute Gasteiger partial charge is 0.326 e. The Kier molecular flexibility index (Phi) is 3.79. The molecular weight excluding hydrogens is 248 g/mol. The van der Waals surface area contributed by atoms with Crippen molar-refractivity contribution >= 4 is 11.6 Å². The molecule has 0 heterocycles. The van der Waals surface area contributed by atoms with Gasteiger partial charge in [0.15, 0.2) is 0 Å². The minimum absolute atomic E-state index is 0.214. The van der Waals surface area contributed by atoms with Crippen molar-refractivity contribution in [3.63, 3.8) is 0 Å². The fourth-order valence-corrected chi connectivity index (χ4v) is 3.25. The SMILES string of the molecule is CC(C)NCc1cccc(NC(=O)C2CC3CC3C2)c1. The highest BCUT2D eigenvalue weighted by Crippen LogP contribution is 2.54. The molecule has 0 bridgehead atoms. The Morgan fingerprint density at radius 2 is 2.00 bits per heavy atom. The monoisotopic (exact) mass is 272 g/mol. The molecule has 2 N–H and O–H groups in total. The van der Waals surface area contributed by atoms with E-state index in [1.54, 1.807) is 0 Å². The van der Waals surface area contributed by atoms with Gasteiger partial charge in [-0.05, 0) is 48.8 Å². The zero-order valence-corrected chi connectivity index (χ0v) is 12.4. The highest BCUT2D eigenvalue weighted by Gasteiger charge is 2.47. The summed E-state index contributed by atoms with van der Waals surface area (Å²) in [6, 6.07) is 8.63. The van der Waals surface area contributed by atoms with Crippen molar-refractivity contribution in [2.75, 3.05) is 5.32 Å². The molecule has 0 saturated heterocycles. The van der Waals surface area contributed by atoms with Crippen LogP contribution >= 0.6 is 0 Å². The van der Waals surface area contributed by atoms with Gasteiger partial charge in [0.25, 0.3) is 0 Å². The van der Waals surface area contributed by atoms with Gasteiger partial charge in [0, 0.05) is 24.2 Å². The molecule has 3 rings (SSSR count). The van der Waals surface area contributed by atoms with Crippen LogP contribution in [0.4, 0.5) is 5.69 Å². The van der Waals surface area contributed by atoms with E-state index in [1.165, 1.54) is 12.0 Å². The average Bonchev–Trinajstić information content (AvgIpc) is 3.03. The maximum atomic E-state index is 12.2. The third-order valence-corrected chi connectivity index (χ3v) is 4.52. The second-order valence-electron chi connectivity index (χ2n) is 6.65. The first-order valence-corrected chi connectivity index (χ1v) is 7.75. The third-order valence-electron chi connectivity index (χ3n) is 4.52. The van der Waals surface area contributed by atoms with Gasteiger partial charge in [0.05, 0.1) is 0 Å². The topological polar surface area (TPSA) is 41.1 Å². The summed E-state index contributed by atoms with van der Waals surface area (Å²) in [5.41, 5.74) is 2.14. The molecule has 0 aromatic heterocycles. The van der Waals surface area contributed by atoms with Crippen molar-refractivity contribution < 1.29 is 4.79 Å². The lowest BCUT2D eigenvalue weighted by Gasteiger charge is -2.13. The van der Waals surface area contributed by atoms with Crippen LogP contribution in [0.5, 0.6) is 0 Å². The number of hydrogen-bond donors (Lipinski definition) is 2. The van der Waals surface area contributed by atoms with E-state index in [4.69, 9.17) is 0 Å². The minimum Gasteiger partial charge on any atom is -0.326 e. The number of benzene rings is 1. The van der Waals surface area contributed by atoms with E-state index in [9.17, 15) is 4.79 Å². The van der Waals surface area contributed by atoms with Crippen molar-refractivity contribution in [3.05, 3.63) is 29.8 Å². The lowest BCUT2D eigenvalue weighted by molar-refractivity contribution is -0.120. The molecule has 2 aliphatic rings. The summed E-state index contributed by atoms with van der Waals surface area (Å²) in [6.45, 7) is 5.11. The summed E-state index contributed by atoms with van der Waals surface area (Å²) in [6.07, 6.45) is 3.57. The van der Waals surface area contributed by atoms with Crippen molar-refractivity contribution in [2.45, 2.75) is 45.7 Å². The number of fused-ring (bicyclic) bond motifs is 1. The summed E-state index contributed by atoms with van der Waals surface area (Å²) in [5, 5.41) is 6.48. The van der Waals surface area contributed by atoms with Crippen LogP contribution in [-0.4, -0.2) is 11.9 Å². The first-order chi connectivity index (χ1) is 9.61. The van der Waals surface area contributed by atoms with Gasteiger partial charge in [0.1, 0.15) is 0 Å². The molecule has 0 radical (unpaired) electrons. The Balaban J connectivity index is 1.56. The summed E-state index contributed by atoms with van der Waals surface area (Å²) in [7, 11) is 0. The molecule has 2 saturated carbocycles. The van der Waals surface area contributed by atoms with Crippen molar-refractivity contribution in [1.82, 2.24) is 5.32 Å². The van der Waals surface area contributed by atoms with Crippen LogP contribution in [-0.2, 0) is 11.3 Å². The molecule has 2 atom stereocenters. The molecular formula is C17H24N2O. The highest BCUT2D eigenvalue weighted by molar-refractivity contribution is 5.92. The summed E-state index contributed by atoms with van der Waals surface area (Å²) < 4.78 is 0. The zero-order chi connectivity index (χ0) is 14.1. The lowest BCUT2D eigenvalue weighted by atomic mass is 10.0. The number of anilines is 1. The van der Waals surface area contributed by atoms with Gasteiger partial charge in [-0.1, -0.05) is 26.0 Å². The van der Waals surface area contributed by atoms with E-state index >= 15 is 0 Å². The molecule has 2 fully saturated rings. The van der Waals surface area contributed by atoms with Crippen LogP contribution < -0.4 is 10.6 Å². The van der Waals surface area contributed by atoms with Gasteiger partial charge in [-0.15, -0.1) is 0 Å². The van der Waals surface area contributed by atoms with E-state index in [0.717, 1.165) is 36.9 Å². The standard InChI is InChI=1S/C17H24N2O/c1-11(2)18-10-12-4-3-5-16(6-12)19-17(20)15-8-13-7-14(13)9-15/h3-6,11,13-15,18H,7-10H2,1-2H3,(H,19,20). The smallest absolute Gasteiger partial charge is 0.227 e. The van der Waals surface area contributed by atoms with Crippen molar-refractivity contribution in [2.24, 2.45) is 17.8 Å². The molecule has 1 aromatic carbocycles. The fraction of sp³-hybridized carbons (Fsp3) is 0.588. The molecule has 0 spiro atoms. The Morgan fingerprint density at radius 3 is 2.70 bits per heavy atom. The van der Waals surface area contributed by atoms with Gasteiger partial charge in [-0.3, -0.25) is 4.79 Å². The molecule has 0 aliphatic heterocycles. The predicted octanol–water partition coefficient (Wildman–Crippen LogP) is 3.17. The lowest BCUT2D eigenvalue weighted by Crippen LogP contribution is -2.23. The number of hydrogen-bond acceptors (Lipinski definition) is 2. The number of carbonyl (C=O) groups excluding carboxylic acids is 1. The van der Waals surface area contributed by atoms with Crippen LogP contribution in [0.3, 0.4) is 0 Å². The maximum absolute atomic E-state index is 12.2. The second-order valence-corrected chi connectivity index (χ2v) is 6.65. The quantitative estimate of drug-likeness (QED) is 0.864. The zero-order valence-electron chi connectivity index (χ0n) is 12.4. The summed E-state index contributed by atoms with van der Waals surface area (Å²) >= 11 is 0. The maximum Gasteiger partial charge on any atom is 0.227 e.